The lowest BCUT2D eigenvalue weighted by Crippen LogP contribution is -2.36. The number of aromatic nitrogens is 3. The number of hydrogen-bond acceptors (Lipinski definition) is 6. The molecule has 0 unspecified atom stereocenters. The van der Waals surface area contributed by atoms with Crippen molar-refractivity contribution in [3.05, 3.63) is 67.1 Å². The number of aromatic amines is 1. The first-order valence-electron chi connectivity index (χ1n) is 10.1. The number of anilines is 5. The van der Waals surface area contributed by atoms with Crippen molar-refractivity contribution in [3.63, 3.8) is 0 Å². The molecule has 0 atom stereocenters. The molecular weight excluding hydrogens is 376 g/mol. The molecule has 0 bridgehead atoms. The van der Waals surface area contributed by atoms with Gasteiger partial charge in [-0.15, -0.1) is 0 Å². The van der Waals surface area contributed by atoms with Crippen LogP contribution in [-0.4, -0.2) is 48.3 Å². The van der Waals surface area contributed by atoms with Crippen LogP contribution in [0, 0.1) is 0 Å². The number of benzene rings is 2. The van der Waals surface area contributed by atoms with E-state index in [1.165, 1.54) is 11.1 Å². The Morgan fingerprint density at radius 2 is 1.83 bits per heavy atom. The minimum Gasteiger partial charge on any atom is -0.378 e. The number of nitrogens with zero attached hydrogens (tertiary/aromatic N) is 4. The normalized spacial score (nSPS) is 14.1. The van der Waals surface area contributed by atoms with Crippen molar-refractivity contribution in [2.45, 2.75) is 0 Å². The second kappa shape index (κ2) is 8.04. The summed E-state index contributed by atoms with van der Waals surface area (Å²) in [4.78, 5) is 16.5. The van der Waals surface area contributed by atoms with E-state index in [0.29, 0.717) is 0 Å². The first kappa shape index (κ1) is 18.4. The summed E-state index contributed by atoms with van der Waals surface area (Å²) in [7, 11) is 2.01. The summed E-state index contributed by atoms with van der Waals surface area (Å²) in [6, 6.07) is 18.8. The van der Waals surface area contributed by atoms with Crippen molar-refractivity contribution < 1.29 is 4.74 Å². The highest BCUT2D eigenvalue weighted by atomic mass is 16.5. The lowest BCUT2D eigenvalue weighted by molar-refractivity contribution is 0.122. The van der Waals surface area contributed by atoms with Crippen molar-refractivity contribution in [2.24, 2.45) is 0 Å². The van der Waals surface area contributed by atoms with E-state index in [9.17, 15) is 0 Å². The molecule has 0 spiro atoms. The lowest BCUT2D eigenvalue weighted by atomic mass is 10.2. The number of hydrogen-bond donors (Lipinski definition) is 2. The number of morpholine rings is 1. The summed E-state index contributed by atoms with van der Waals surface area (Å²) in [5.74, 6) is 1.58. The summed E-state index contributed by atoms with van der Waals surface area (Å²) in [6.07, 6.45) is 3.54. The average Bonchev–Trinajstić information content (AvgIpc) is 3.28. The fourth-order valence-corrected chi connectivity index (χ4v) is 3.71. The summed E-state index contributed by atoms with van der Waals surface area (Å²) < 4.78 is 5.43. The van der Waals surface area contributed by atoms with E-state index in [1.807, 2.05) is 19.3 Å². The molecule has 1 saturated heterocycles. The Bertz CT molecular complexity index is 1130. The summed E-state index contributed by atoms with van der Waals surface area (Å²) in [6.45, 7) is 3.44. The highest BCUT2D eigenvalue weighted by molar-refractivity contribution is 5.84. The molecular formula is C23H24N6O. The fraction of sp³-hybridized carbons (Fsp3) is 0.217. The lowest BCUT2D eigenvalue weighted by Gasteiger charge is -2.28. The van der Waals surface area contributed by atoms with Crippen LogP contribution in [0.1, 0.15) is 0 Å². The van der Waals surface area contributed by atoms with Gasteiger partial charge in [0.25, 0.3) is 0 Å². The number of ether oxygens (including phenoxy) is 1. The van der Waals surface area contributed by atoms with Gasteiger partial charge in [0.05, 0.1) is 13.2 Å². The van der Waals surface area contributed by atoms with Gasteiger partial charge in [-0.2, -0.15) is 0 Å². The molecule has 2 aromatic carbocycles. The van der Waals surface area contributed by atoms with E-state index in [2.05, 4.69) is 78.6 Å². The second-order valence-corrected chi connectivity index (χ2v) is 7.34. The van der Waals surface area contributed by atoms with Crippen molar-refractivity contribution in [1.29, 1.82) is 0 Å². The SMILES string of the molecule is CN(c1ccc2[nH]ccc2c1)c1cc(Nc2ccc(N3CCOCC3)cc2)ncn1. The molecule has 1 aliphatic rings. The van der Waals surface area contributed by atoms with Gasteiger partial charge in [-0.3, -0.25) is 0 Å². The molecule has 0 saturated carbocycles. The number of H-pyrrole nitrogens is 1. The Kier molecular flexibility index (Phi) is 4.94. The van der Waals surface area contributed by atoms with E-state index in [1.54, 1.807) is 6.33 Å². The Morgan fingerprint density at radius 3 is 2.67 bits per heavy atom. The van der Waals surface area contributed by atoms with Gasteiger partial charge in [-0.05, 0) is 48.5 Å². The molecule has 1 fully saturated rings. The van der Waals surface area contributed by atoms with Gasteiger partial charge in [0, 0.05) is 60.4 Å². The maximum Gasteiger partial charge on any atom is 0.138 e. The molecule has 3 heterocycles. The topological polar surface area (TPSA) is 69.3 Å². The largest absolute Gasteiger partial charge is 0.378 e. The number of rotatable bonds is 5. The van der Waals surface area contributed by atoms with Crippen molar-refractivity contribution in [1.82, 2.24) is 15.0 Å². The molecule has 4 aromatic rings. The molecule has 0 radical (unpaired) electrons. The van der Waals surface area contributed by atoms with E-state index < -0.39 is 0 Å². The minimum absolute atomic E-state index is 0.758. The van der Waals surface area contributed by atoms with Crippen LogP contribution in [0.4, 0.5) is 28.7 Å². The van der Waals surface area contributed by atoms with E-state index in [4.69, 9.17) is 4.74 Å². The minimum atomic E-state index is 0.758. The quantitative estimate of drug-likeness (QED) is 0.520. The molecule has 2 N–H and O–H groups in total. The van der Waals surface area contributed by atoms with Gasteiger partial charge in [0.15, 0.2) is 0 Å². The van der Waals surface area contributed by atoms with Gasteiger partial charge in [-0.25, -0.2) is 9.97 Å². The zero-order chi connectivity index (χ0) is 20.3. The van der Waals surface area contributed by atoms with Crippen LogP contribution in [0.15, 0.2) is 67.1 Å². The van der Waals surface area contributed by atoms with Gasteiger partial charge in [0.1, 0.15) is 18.0 Å². The van der Waals surface area contributed by atoms with Gasteiger partial charge in [0.2, 0.25) is 0 Å². The standard InChI is InChI=1S/C23H24N6O/c1-28(20-6-7-21-17(14-20)8-9-24-21)23-15-22(25-16-26-23)27-18-2-4-19(5-3-18)29-10-12-30-13-11-29/h2-9,14-16,24H,10-13H2,1H3,(H,25,26,27). The molecule has 0 aliphatic carbocycles. The maximum atomic E-state index is 5.43. The third-order valence-electron chi connectivity index (χ3n) is 5.44. The molecule has 7 nitrogen and oxygen atoms in total. The van der Waals surface area contributed by atoms with Crippen LogP contribution in [-0.2, 0) is 4.74 Å². The smallest absolute Gasteiger partial charge is 0.138 e. The van der Waals surface area contributed by atoms with E-state index in [0.717, 1.165) is 54.8 Å². The first-order chi connectivity index (χ1) is 14.8. The molecule has 2 aromatic heterocycles. The molecule has 1 aliphatic heterocycles. The van der Waals surface area contributed by atoms with Crippen LogP contribution in [0.2, 0.25) is 0 Å². The Hall–Kier alpha value is -3.58. The highest BCUT2D eigenvalue weighted by Crippen LogP contribution is 2.27. The average molecular weight is 400 g/mol. The molecule has 0 amide bonds. The Morgan fingerprint density at radius 1 is 1.00 bits per heavy atom. The molecule has 30 heavy (non-hydrogen) atoms. The Balaban J connectivity index is 1.31. The third kappa shape index (κ3) is 3.79. The molecule has 5 rings (SSSR count). The number of fused-ring (bicyclic) bond motifs is 1. The van der Waals surface area contributed by atoms with E-state index in [-0.39, 0.29) is 0 Å². The second-order valence-electron chi connectivity index (χ2n) is 7.34. The predicted molar refractivity (Wildman–Crippen MR) is 121 cm³/mol. The van der Waals surface area contributed by atoms with Crippen LogP contribution in [0.3, 0.4) is 0 Å². The van der Waals surface area contributed by atoms with Crippen LogP contribution in [0.25, 0.3) is 10.9 Å². The maximum absolute atomic E-state index is 5.43. The fourth-order valence-electron chi connectivity index (χ4n) is 3.71. The van der Waals surface area contributed by atoms with E-state index >= 15 is 0 Å². The van der Waals surface area contributed by atoms with Crippen LogP contribution in [0.5, 0.6) is 0 Å². The monoisotopic (exact) mass is 400 g/mol. The third-order valence-corrected chi connectivity index (χ3v) is 5.44. The van der Waals surface area contributed by atoms with Crippen molar-refractivity contribution >= 4 is 39.6 Å². The zero-order valence-electron chi connectivity index (χ0n) is 16.9. The van der Waals surface area contributed by atoms with Gasteiger partial charge >= 0.3 is 0 Å². The van der Waals surface area contributed by atoms with Crippen LogP contribution >= 0.6 is 0 Å². The highest BCUT2D eigenvalue weighted by Gasteiger charge is 2.11. The summed E-state index contributed by atoms with van der Waals surface area (Å²) in [5, 5.41) is 4.55. The number of nitrogens with one attached hydrogen (secondary N) is 2. The van der Waals surface area contributed by atoms with Gasteiger partial charge < -0.3 is 24.8 Å². The Labute approximate surface area is 175 Å². The summed E-state index contributed by atoms with van der Waals surface area (Å²) in [5.41, 5.74) is 4.40. The zero-order valence-corrected chi connectivity index (χ0v) is 16.9. The first-order valence-corrected chi connectivity index (χ1v) is 10.1. The van der Waals surface area contributed by atoms with Crippen LogP contribution < -0.4 is 15.1 Å². The van der Waals surface area contributed by atoms with Gasteiger partial charge in [-0.1, -0.05) is 0 Å². The molecule has 152 valence electrons. The molecule has 7 heteroatoms. The van der Waals surface area contributed by atoms with Crippen molar-refractivity contribution in [3.8, 4) is 0 Å². The predicted octanol–water partition coefficient (Wildman–Crippen LogP) is 4.31. The summed E-state index contributed by atoms with van der Waals surface area (Å²) >= 11 is 0. The van der Waals surface area contributed by atoms with Crippen molar-refractivity contribution in [2.75, 3.05) is 48.5 Å².